The monoisotopic (exact) mass is 240 g/mol. The molecule has 1 aromatic carbocycles. The van der Waals surface area contributed by atoms with E-state index in [0.29, 0.717) is 5.88 Å². The highest BCUT2D eigenvalue weighted by atomic mass is 35.5. The Kier molecular flexibility index (Phi) is 3.94. The minimum atomic E-state index is 0.499. The van der Waals surface area contributed by atoms with Gasteiger partial charge in [0, 0.05) is 5.88 Å². The number of rotatable bonds is 6. The van der Waals surface area contributed by atoms with Crippen LogP contribution in [0.2, 0.25) is 0 Å². The lowest BCUT2D eigenvalue weighted by atomic mass is 10.2. The largest absolute Gasteiger partial charge is 0.493 e. The molecular formula is C13H17ClO2. The van der Waals surface area contributed by atoms with Crippen molar-refractivity contribution in [2.75, 3.05) is 13.7 Å². The van der Waals surface area contributed by atoms with E-state index in [1.54, 1.807) is 7.11 Å². The number of halogens is 1. The van der Waals surface area contributed by atoms with E-state index in [2.05, 4.69) is 0 Å². The van der Waals surface area contributed by atoms with E-state index in [1.807, 2.05) is 18.2 Å². The molecule has 0 atom stereocenters. The Morgan fingerprint density at radius 1 is 1.31 bits per heavy atom. The van der Waals surface area contributed by atoms with Crippen molar-refractivity contribution in [3.05, 3.63) is 23.8 Å². The molecule has 0 amide bonds. The van der Waals surface area contributed by atoms with Crippen LogP contribution in [0, 0.1) is 5.92 Å². The van der Waals surface area contributed by atoms with Gasteiger partial charge in [-0.15, -0.1) is 11.6 Å². The number of benzene rings is 1. The molecule has 2 nitrogen and oxygen atoms in total. The van der Waals surface area contributed by atoms with Crippen LogP contribution in [0.5, 0.6) is 11.5 Å². The lowest BCUT2D eigenvalue weighted by Crippen LogP contribution is -2.00. The number of hydrogen-bond donors (Lipinski definition) is 0. The Morgan fingerprint density at radius 2 is 2.12 bits per heavy atom. The Labute approximate surface area is 102 Å². The minimum Gasteiger partial charge on any atom is -0.493 e. The lowest BCUT2D eigenvalue weighted by molar-refractivity contribution is 0.283. The molecule has 0 heterocycles. The predicted octanol–water partition coefficient (Wildman–Crippen LogP) is 3.61. The van der Waals surface area contributed by atoms with E-state index in [0.717, 1.165) is 36.0 Å². The zero-order valence-corrected chi connectivity index (χ0v) is 10.3. The van der Waals surface area contributed by atoms with Gasteiger partial charge in [-0.1, -0.05) is 18.9 Å². The van der Waals surface area contributed by atoms with Crippen molar-refractivity contribution in [1.29, 1.82) is 0 Å². The van der Waals surface area contributed by atoms with E-state index < -0.39 is 0 Å². The second-order valence-corrected chi connectivity index (χ2v) is 4.47. The summed E-state index contributed by atoms with van der Waals surface area (Å²) in [5.74, 6) is 2.98. The van der Waals surface area contributed by atoms with Gasteiger partial charge < -0.3 is 9.47 Å². The number of ether oxygens (including phenoxy) is 2. The fourth-order valence-corrected chi connectivity index (χ4v) is 1.82. The first-order valence-electron chi connectivity index (χ1n) is 5.69. The SMILES string of the molecule is COc1cc(CCl)ccc1OCCC1CC1. The van der Waals surface area contributed by atoms with Crippen LogP contribution in [0.1, 0.15) is 24.8 Å². The van der Waals surface area contributed by atoms with Gasteiger partial charge in [-0.3, -0.25) is 0 Å². The Morgan fingerprint density at radius 3 is 2.75 bits per heavy atom. The highest BCUT2D eigenvalue weighted by Gasteiger charge is 2.20. The maximum Gasteiger partial charge on any atom is 0.161 e. The molecule has 0 N–H and O–H groups in total. The maximum atomic E-state index is 5.77. The van der Waals surface area contributed by atoms with Gasteiger partial charge in [0.2, 0.25) is 0 Å². The van der Waals surface area contributed by atoms with E-state index in [1.165, 1.54) is 12.8 Å². The summed E-state index contributed by atoms with van der Waals surface area (Å²) < 4.78 is 11.0. The molecule has 1 saturated carbocycles. The van der Waals surface area contributed by atoms with Crippen LogP contribution in [-0.4, -0.2) is 13.7 Å². The van der Waals surface area contributed by atoms with Crippen molar-refractivity contribution in [2.24, 2.45) is 5.92 Å². The highest BCUT2D eigenvalue weighted by Crippen LogP contribution is 2.33. The van der Waals surface area contributed by atoms with Crippen molar-refractivity contribution in [3.8, 4) is 11.5 Å². The highest BCUT2D eigenvalue weighted by molar-refractivity contribution is 6.17. The van der Waals surface area contributed by atoms with Crippen LogP contribution in [-0.2, 0) is 5.88 Å². The fourth-order valence-electron chi connectivity index (χ4n) is 1.66. The molecule has 0 aliphatic heterocycles. The third-order valence-electron chi connectivity index (χ3n) is 2.86. The second-order valence-electron chi connectivity index (χ2n) is 4.20. The Bertz CT molecular complexity index is 348. The van der Waals surface area contributed by atoms with E-state index >= 15 is 0 Å². The van der Waals surface area contributed by atoms with E-state index in [4.69, 9.17) is 21.1 Å². The zero-order valence-electron chi connectivity index (χ0n) is 9.54. The summed E-state index contributed by atoms with van der Waals surface area (Å²) in [4.78, 5) is 0. The molecule has 0 unspecified atom stereocenters. The standard InChI is InChI=1S/C13H17ClO2/c1-15-13-8-11(9-14)4-5-12(13)16-7-6-10-2-3-10/h4-5,8,10H,2-3,6-7,9H2,1H3. The molecule has 1 aromatic rings. The van der Waals surface area contributed by atoms with Gasteiger partial charge in [-0.2, -0.15) is 0 Å². The van der Waals surface area contributed by atoms with Gasteiger partial charge in [0.15, 0.2) is 11.5 Å². The van der Waals surface area contributed by atoms with Gasteiger partial charge in [0.25, 0.3) is 0 Å². The minimum absolute atomic E-state index is 0.499. The first kappa shape index (κ1) is 11.6. The molecule has 3 heteroatoms. The molecule has 2 rings (SSSR count). The Balaban J connectivity index is 1.94. The van der Waals surface area contributed by atoms with Crippen LogP contribution in [0.25, 0.3) is 0 Å². The van der Waals surface area contributed by atoms with Crippen molar-refractivity contribution >= 4 is 11.6 Å². The van der Waals surface area contributed by atoms with Crippen molar-refractivity contribution < 1.29 is 9.47 Å². The molecule has 0 saturated heterocycles. The smallest absolute Gasteiger partial charge is 0.161 e. The summed E-state index contributed by atoms with van der Waals surface area (Å²) in [5.41, 5.74) is 1.05. The van der Waals surface area contributed by atoms with Crippen LogP contribution in [0.3, 0.4) is 0 Å². The van der Waals surface area contributed by atoms with Gasteiger partial charge in [0.05, 0.1) is 13.7 Å². The quantitative estimate of drug-likeness (QED) is 0.708. The molecule has 0 bridgehead atoms. The topological polar surface area (TPSA) is 18.5 Å². The Hall–Kier alpha value is -0.890. The lowest BCUT2D eigenvalue weighted by Gasteiger charge is -2.11. The number of methoxy groups -OCH3 is 1. The summed E-state index contributed by atoms with van der Waals surface area (Å²) in [6.07, 6.45) is 3.89. The summed E-state index contributed by atoms with van der Waals surface area (Å²) >= 11 is 5.77. The average molecular weight is 241 g/mol. The van der Waals surface area contributed by atoms with Gasteiger partial charge >= 0.3 is 0 Å². The molecule has 1 aliphatic carbocycles. The third-order valence-corrected chi connectivity index (χ3v) is 3.17. The van der Waals surface area contributed by atoms with Crippen LogP contribution >= 0.6 is 11.6 Å². The molecule has 1 aliphatic rings. The predicted molar refractivity (Wildman–Crippen MR) is 65.4 cm³/mol. The molecular weight excluding hydrogens is 224 g/mol. The van der Waals surface area contributed by atoms with Gasteiger partial charge in [-0.05, 0) is 30.0 Å². The van der Waals surface area contributed by atoms with E-state index in [9.17, 15) is 0 Å². The van der Waals surface area contributed by atoms with Crippen LogP contribution in [0.15, 0.2) is 18.2 Å². The molecule has 0 spiro atoms. The molecule has 1 fully saturated rings. The summed E-state index contributed by atoms with van der Waals surface area (Å²) in [5, 5.41) is 0. The fraction of sp³-hybridized carbons (Fsp3) is 0.538. The summed E-state index contributed by atoms with van der Waals surface area (Å²) in [6, 6.07) is 5.84. The third kappa shape index (κ3) is 3.05. The van der Waals surface area contributed by atoms with Crippen molar-refractivity contribution in [3.63, 3.8) is 0 Å². The van der Waals surface area contributed by atoms with Gasteiger partial charge in [0.1, 0.15) is 0 Å². The second kappa shape index (κ2) is 5.44. The van der Waals surface area contributed by atoms with E-state index in [-0.39, 0.29) is 0 Å². The first-order chi connectivity index (χ1) is 7.83. The molecule has 0 aromatic heterocycles. The summed E-state index contributed by atoms with van der Waals surface area (Å²) in [7, 11) is 1.65. The normalized spacial score (nSPS) is 14.9. The number of alkyl halides is 1. The van der Waals surface area contributed by atoms with Crippen molar-refractivity contribution in [1.82, 2.24) is 0 Å². The number of hydrogen-bond acceptors (Lipinski definition) is 2. The summed E-state index contributed by atoms with van der Waals surface area (Å²) in [6.45, 7) is 0.779. The maximum absolute atomic E-state index is 5.77. The van der Waals surface area contributed by atoms with Crippen LogP contribution < -0.4 is 9.47 Å². The van der Waals surface area contributed by atoms with Crippen molar-refractivity contribution in [2.45, 2.75) is 25.1 Å². The van der Waals surface area contributed by atoms with Gasteiger partial charge in [-0.25, -0.2) is 0 Å². The first-order valence-corrected chi connectivity index (χ1v) is 6.22. The molecule has 0 radical (unpaired) electrons. The average Bonchev–Trinajstić information content (AvgIpc) is 3.13. The molecule has 88 valence electrons. The zero-order chi connectivity index (χ0) is 11.4. The molecule has 16 heavy (non-hydrogen) atoms. The van der Waals surface area contributed by atoms with Crippen LogP contribution in [0.4, 0.5) is 0 Å².